The van der Waals surface area contributed by atoms with Gasteiger partial charge in [0.2, 0.25) is 5.75 Å². The molecule has 4 N–H and O–H groups in total. The van der Waals surface area contributed by atoms with Gasteiger partial charge in [-0.25, -0.2) is 9.59 Å². The minimum Gasteiger partial charge on any atom is -0.504 e. The lowest BCUT2D eigenvalue weighted by atomic mass is 10.1. The average Bonchev–Trinajstić information content (AvgIpc) is 2.35. The number of esters is 2. The molecule has 1 aliphatic rings. The van der Waals surface area contributed by atoms with Crippen LogP contribution in [0.5, 0.6) is 17.2 Å². The molecule has 1 aromatic carbocycles. The smallest absolute Gasteiger partial charge is 0.340 e. The number of hydrogen-bond donors (Lipinski definition) is 3. The Kier molecular flexibility index (Phi) is 3.17. The SMILES string of the molecule is N[C@@H]1CC(O)C(=O)Oc2cccc(O)c2OC1=O. The van der Waals surface area contributed by atoms with Crippen molar-refractivity contribution in [3.05, 3.63) is 18.2 Å². The van der Waals surface area contributed by atoms with E-state index in [0.29, 0.717) is 0 Å². The van der Waals surface area contributed by atoms with Gasteiger partial charge >= 0.3 is 11.9 Å². The van der Waals surface area contributed by atoms with E-state index in [1.165, 1.54) is 18.2 Å². The molecule has 1 aromatic rings. The summed E-state index contributed by atoms with van der Waals surface area (Å²) in [5, 5.41) is 19.0. The fourth-order valence-electron chi connectivity index (χ4n) is 1.47. The highest BCUT2D eigenvalue weighted by Gasteiger charge is 2.30. The van der Waals surface area contributed by atoms with Crippen LogP contribution in [0.3, 0.4) is 0 Å². The van der Waals surface area contributed by atoms with Crippen molar-refractivity contribution in [3.63, 3.8) is 0 Å². The number of carbonyl (C=O) groups excluding carboxylic acids is 2. The zero-order chi connectivity index (χ0) is 13.3. The van der Waals surface area contributed by atoms with Crippen molar-refractivity contribution in [2.75, 3.05) is 0 Å². The van der Waals surface area contributed by atoms with Gasteiger partial charge in [0.05, 0.1) is 0 Å². The van der Waals surface area contributed by atoms with E-state index < -0.39 is 24.1 Å². The van der Waals surface area contributed by atoms with Crippen LogP contribution in [0, 0.1) is 0 Å². The normalized spacial score (nSPS) is 24.1. The van der Waals surface area contributed by atoms with Gasteiger partial charge < -0.3 is 25.4 Å². The summed E-state index contributed by atoms with van der Waals surface area (Å²) in [4.78, 5) is 23.0. The monoisotopic (exact) mass is 253 g/mol. The summed E-state index contributed by atoms with van der Waals surface area (Å²) in [7, 11) is 0. The fourth-order valence-corrected chi connectivity index (χ4v) is 1.47. The Labute approximate surface area is 102 Å². The van der Waals surface area contributed by atoms with Crippen LogP contribution in [0.25, 0.3) is 0 Å². The van der Waals surface area contributed by atoms with Crippen molar-refractivity contribution in [2.45, 2.75) is 18.6 Å². The number of aliphatic hydroxyl groups is 1. The fraction of sp³-hybridized carbons (Fsp3) is 0.273. The van der Waals surface area contributed by atoms with Crippen molar-refractivity contribution < 1.29 is 29.3 Å². The van der Waals surface area contributed by atoms with Crippen LogP contribution < -0.4 is 15.2 Å². The molecule has 0 saturated heterocycles. The molecule has 2 rings (SSSR count). The van der Waals surface area contributed by atoms with Crippen molar-refractivity contribution in [1.82, 2.24) is 0 Å². The first-order valence-electron chi connectivity index (χ1n) is 5.18. The Hall–Kier alpha value is -2.12. The Morgan fingerprint density at radius 1 is 1.22 bits per heavy atom. The lowest BCUT2D eigenvalue weighted by Crippen LogP contribution is -2.39. The molecule has 0 spiro atoms. The minimum atomic E-state index is -1.53. The molecular formula is C11H11NO6. The summed E-state index contributed by atoms with van der Waals surface area (Å²) in [6.07, 6.45) is -1.84. The number of benzene rings is 1. The predicted octanol–water partition coefficient (Wildman–Crippen LogP) is -0.705. The third kappa shape index (κ3) is 2.27. The first-order valence-corrected chi connectivity index (χ1v) is 5.18. The largest absolute Gasteiger partial charge is 0.504 e. The second kappa shape index (κ2) is 4.63. The molecule has 0 aliphatic carbocycles. The second-order valence-corrected chi connectivity index (χ2v) is 3.80. The summed E-state index contributed by atoms with van der Waals surface area (Å²) in [6, 6.07) is 2.81. The Bertz CT molecular complexity index is 500. The lowest BCUT2D eigenvalue weighted by Gasteiger charge is -2.10. The number of aromatic hydroxyl groups is 1. The van der Waals surface area contributed by atoms with Gasteiger partial charge in [-0.2, -0.15) is 0 Å². The quantitative estimate of drug-likeness (QED) is 0.413. The molecule has 1 heterocycles. The number of para-hydroxylation sites is 1. The average molecular weight is 253 g/mol. The van der Waals surface area contributed by atoms with Crippen LogP contribution in [-0.4, -0.2) is 34.3 Å². The van der Waals surface area contributed by atoms with Crippen LogP contribution in [0.15, 0.2) is 18.2 Å². The number of ether oxygens (including phenoxy) is 2. The topological polar surface area (TPSA) is 119 Å². The lowest BCUT2D eigenvalue weighted by molar-refractivity contribution is -0.144. The highest BCUT2D eigenvalue weighted by molar-refractivity contribution is 5.84. The zero-order valence-electron chi connectivity index (χ0n) is 9.20. The number of phenols is 1. The number of aliphatic hydroxyl groups excluding tert-OH is 1. The molecule has 7 nitrogen and oxygen atoms in total. The van der Waals surface area contributed by atoms with Gasteiger partial charge in [0.25, 0.3) is 0 Å². The summed E-state index contributed by atoms with van der Waals surface area (Å²) < 4.78 is 9.68. The van der Waals surface area contributed by atoms with Gasteiger partial charge in [-0.3, -0.25) is 0 Å². The third-order valence-electron chi connectivity index (χ3n) is 2.42. The number of nitrogens with two attached hydrogens (primary N) is 1. The Balaban J connectivity index is 2.46. The van der Waals surface area contributed by atoms with E-state index in [1.54, 1.807) is 0 Å². The molecule has 0 aromatic heterocycles. The number of hydrogen-bond acceptors (Lipinski definition) is 7. The summed E-state index contributed by atoms with van der Waals surface area (Å²) in [5.41, 5.74) is 5.45. The maximum atomic E-state index is 11.6. The van der Waals surface area contributed by atoms with Crippen molar-refractivity contribution in [1.29, 1.82) is 0 Å². The molecule has 0 radical (unpaired) electrons. The molecule has 0 fully saturated rings. The van der Waals surface area contributed by atoms with Crippen LogP contribution >= 0.6 is 0 Å². The van der Waals surface area contributed by atoms with Gasteiger partial charge in [-0.1, -0.05) is 6.07 Å². The molecule has 0 saturated carbocycles. The van der Waals surface area contributed by atoms with E-state index >= 15 is 0 Å². The maximum Gasteiger partial charge on any atom is 0.340 e. The van der Waals surface area contributed by atoms with Gasteiger partial charge in [0, 0.05) is 6.42 Å². The van der Waals surface area contributed by atoms with E-state index in [9.17, 15) is 19.8 Å². The summed E-state index contributed by atoms with van der Waals surface area (Å²) in [6.45, 7) is 0. The van der Waals surface area contributed by atoms with E-state index in [-0.39, 0.29) is 23.7 Å². The Morgan fingerprint density at radius 2 is 1.94 bits per heavy atom. The minimum absolute atomic E-state index is 0.151. The van der Waals surface area contributed by atoms with E-state index in [0.717, 1.165) is 0 Å². The van der Waals surface area contributed by atoms with Crippen LogP contribution in [0.2, 0.25) is 0 Å². The summed E-state index contributed by atoms with van der Waals surface area (Å²) >= 11 is 0. The molecule has 0 bridgehead atoms. The van der Waals surface area contributed by atoms with Gasteiger partial charge in [0.1, 0.15) is 6.04 Å². The molecule has 1 unspecified atom stereocenters. The first kappa shape index (κ1) is 12.3. The molecular weight excluding hydrogens is 242 g/mol. The summed E-state index contributed by atoms with van der Waals surface area (Å²) in [5.74, 6) is -2.63. The van der Waals surface area contributed by atoms with E-state index in [2.05, 4.69) is 0 Å². The number of phenolic OH excluding ortho intramolecular Hbond substituents is 1. The van der Waals surface area contributed by atoms with Crippen molar-refractivity contribution in [3.8, 4) is 17.2 Å². The van der Waals surface area contributed by atoms with Gasteiger partial charge in [-0.05, 0) is 12.1 Å². The third-order valence-corrected chi connectivity index (χ3v) is 2.42. The van der Waals surface area contributed by atoms with Crippen LogP contribution in [-0.2, 0) is 9.59 Å². The van der Waals surface area contributed by atoms with Crippen LogP contribution in [0.1, 0.15) is 6.42 Å². The number of rotatable bonds is 0. The number of fused-ring (bicyclic) bond motifs is 1. The number of carbonyl (C=O) groups is 2. The van der Waals surface area contributed by atoms with Gasteiger partial charge in [0.15, 0.2) is 17.6 Å². The van der Waals surface area contributed by atoms with E-state index in [4.69, 9.17) is 15.2 Å². The molecule has 2 atom stereocenters. The Morgan fingerprint density at radius 3 is 2.67 bits per heavy atom. The van der Waals surface area contributed by atoms with Crippen LogP contribution in [0.4, 0.5) is 0 Å². The molecule has 96 valence electrons. The molecule has 1 aliphatic heterocycles. The van der Waals surface area contributed by atoms with Crippen molar-refractivity contribution in [2.24, 2.45) is 5.73 Å². The molecule has 0 amide bonds. The first-order chi connectivity index (χ1) is 8.49. The molecule has 18 heavy (non-hydrogen) atoms. The maximum absolute atomic E-state index is 11.6. The highest BCUT2D eigenvalue weighted by atomic mass is 16.6. The second-order valence-electron chi connectivity index (χ2n) is 3.80. The van der Waals surface area contributed by atoms with Gasteiger partial charge in [-0.15, -0.1) is 0 Å². The predicted molar refractivity (Wildman–Crippen MR) is 58.0 cm³/mol. The van der Waals surface area contributed by atoms with E-state index in [1.807, 2.05) is 0 Å². The standard InChI is InChI=1S/C11H11NO6/c12-5-4-7(14)11(16)17-8-3-1-2-6(13)9(8)18-10(5)15/h1-3,5,7,13-14H,4,12H2/t5-,7?/m1/s1. The highest BCUT2D eigenvalue weighted by Crippen LogP contribution is 2.37. The van der Waals surface area contributed by atoms with Crippen molar-refractivity contribution >= 4 is 11.9 Å². The zero-order valence-corrected chi connectivity index (χ0v) is 9.20. The molecule has 7 heteroatoms.